The fourth-order valence-electron chi connectivity index (χ4n) is 3.58. The lowest BCUT2D eigenvalue weighted by atomic mass is 10.1. The Balaban J connectivity index is 1.95. The van der Waals surface area contributed by atoms with E-state index in [9.17, 15) is 4.79 Å². The molecule has 0 radical (unpaired) electrons. The highest BCUT2D eigenvalue weighted by Gasteiger charge is 2.25. The van der Waals surface area contributed by atoms with E-state index in [-0.39, 0.29) is 11.9 Å². The zero-order valence-electron chi connectivity index (χ0n) is 16.3. The molecule has 2 aromatic rings. The van der Waals surface area contributed by atoms with Crippen LogP contribution in [0.15, 0.2) is 6.33 Å². The number of fused-ring (bicyclic) bond motifs is 1. The molecule has 7 nitrogen and oxygen atoms in total. The van der Waals surface area contributed by atoms with Gasteiger partial charge in [-0.15, -0.1) is 0 Å². The van der Waals surface area contributed by atoms with Crippen molar-refractivity contribution in [3.05, 3.63) is 12.0 Å². The quantitative estimate of drug-likeness (QED) is 0.785. The van der Waals surface area contributed by atoms with Gasteiger partial charge in [-0.1, -0.05) is 27.2 Å². The van der Waals surface area contributed by atoms with E-state index in [1.807, 2.05) is 11.7 Å². The number of carbonyl (C=O) groups excluding carboxylic acids is 1. The summed E-state index contributed by atoms with van der Waals surface area (Å²) in [5, 5.41) is 8.97. The first-order valence-corrected chi connectivity index (χ1v) is 9.70. The van der Waals surface area contributed by atoms with Gasteiger partial charge < -0.3 is 10.2 Å². The number of hydrogen-bond acceptors (Lipinski definition) is 5. The van der Waals surface area contributed by atoms with Crippen LogP contribution in [0.5, 0.6) is 0 Å². The third-order valence-corrected chi connectivity index (χ3v) is 4.85. The van der Waals surface area contributed by atoms with E-state index in [0.29, 0.717) is 12.3 Å². The van der Waals surface area contributed by atoms with Crippen LogP contribution in [0.3, 0.4) is 0 Å². The summed E-state index contributed by atoms with van der Waals surface area (Å²) in [6.45, 7) is 8.23. The van der Waals surface area contributed by atoms with Crippen molar-refractivity contribution < 1.29 is 4.79 Å². The van der Waals surface area contributed by atoms with Gasteiger partial charge in [-0.25, -0.2) is 14.6 Å². The third-order valence-electron chi connectivity index (χ3n) is 4.85. The highest BCUT2D eigenvalue weighted by molar-refractivity contribution is 5.90. The summed E-state index contributed by atoms with van der Waals surface area (Å²) < 4.78 is 2.03. The molecule has 1 aliphatic heterocycles. The van der Waals surface area contributed by atoms with Gasteiger partial charge in [0.05, 0.1) is 11.1 Å². The van der Waals surface area contributed by atoms with Crippen LogP contribution in [-0.4, -0.2) is 45.3 Å². The van der Waals surface area contributed by atoms with Crippen LogP contribution in [0.25, 0.3) is 11.0 Å². The van der Waals surface area contributed by atoms with E-state index in [1.165, 1.54) is 0 Å². The van der Waals surface area contributed by atoms with Crippen molar-refractivity contribution in [1.82, 2.24) is 25.1 Å². The Labute approximate surface area is 155 Å². The minimum absolute atomic E-state index is 0.143. The molecule has 1 fully saturated rings. The Morgan fingerprint density at radius 1 is 1.38 bits per heavy atom. The van der Waals surface area contributed by atoms with Crippen LogP contribution in [0, 0.1) is 5.92 Å². The first-order valence-electron chi connectivity index (χ1n) is 9.70. The molecule has 0 aliphatic carbocycles. The number of amides is 1. The Morgan fingerprint density at radius 2 is 2.19 bits per heavy atom. The molecule has 1 saturated heterocycles. The number of hydrogen-bond donors (Lipinski definition) is 1. The lowest BCUT2D eigenvalue weighted by Gasteiger charge is -2.22. The molecule has 3 heterocycles. The molecule has 142 valence electrons. The molecule has 2 aromatic heterocycles. The molecule has 1 N–H and O–H groups in total. The number of nitrogens with zero attached hydrogens (tertiary/aromatic N) is 5. The maximum absolute atomic E-state index is 11.5. The van der Waals surface area contributed by atoms with Gasteiger partial charge in [0.25, 0.3) is 0 Å². The third kappa shape index (κ3) is 3.97. The molecule has 0 spiro atoms. The fraction of sp³-hybridized carbons (Fsp3) is 0.684. The van der Waals surface area contributed by atoms with Crippen LogP contribution in [0.4, 0.5) is 5.82 Å². The summed E-state index contributed by atoms with van der Waals surface area (Å²) in [6.07, 6.45) is 6.24. The molecule has 1 unspecified atom stereocenters. The first kappa shape index (κ1) is 18.6. The lowest BCUT2D eigenvalue weighted by Crippen LogP contribution is -2.37. The molecule has 1 aliphatic rings. The number of rotatable bonds is 8. The fourth-order valence-corrected chi connectivity index (χ4v) is 3.58. The number of likely N-dealkylation sites (N-methyl/N-ethyl adjacent to an activating group) is 1. The van der Waals surface area contributed by atoms with Gasteiger partial charge >= 0.3 is 0 Å². The van der Waals surface area contributed by atoms with Gasteiger partial charge in [0, 0.05) is 32.6 Å². The molecule has 3 rings (SSSR count). The van der Waals surface area contributed by atoms with Gasteiger partial charge in [0.15, 0.2) is 5.65 Å². The van der Waals surface area contributed by atoms with Crippen molar-refractivity contribution in [2.24, 2.45) is 5.92 Å². The Kier molecular flexibility index (Phi) is 5.74. The molecule has 1 atom stereocenters. The number of aryl methyl sites for hydroxylation is 1. The zero-order chi connectivity index (χ0) is 18.7. The largest absolute Gasteiger partial charge is 0.357 e. The SMILES string of the molecule is CCCCn1nc(CC(C)C)c2c(N(C)CC3CCC(=O)N3)ncnc21. The molecule has 0 bridgehead atoms. The monoisotopic (exact) mass is 358 g/mol. The van der Waals surface area contributed by atoms with Gasteiger partial charge in [-0.2, -0.15) is 5.10 Å². The molecule has 1 amide bonds. The van der Waals surface area contributed by atoms with Crippen LogP contribution in [-0.2, 0) is 17.8 Å². The molecule has 26 heavy (non-hydrogen) atoms. The highest BCUT2D eigenvalue weighted by Crippen LogP contribution is 2.28. The number of carbonyl (C=O) groups is 1. The zero-order valence-corrected chi connectivity index (χ0v) is 16.3. The summed E-state index contributed by atoms with van der Waals surface area (Å²) in [5.41, 5.74) is 1.99. The summed E-state index contributed by atoms with van der Waals surface area (Å²) in [5.74, 6) is 1.57. The van der Waals surface area contributed by atoms with E-state index in [2.05, 4.69) is 41.0 Å². The van der Waals surface area contributed by atoms with Crippen LogP contribution >= 0.6 is 0 Å². The Hall–Kier alpha value is -2.18. The van der Waals surface area contributed by atoms with Crippen molar-refractivity contribution in [3.63, 3.8) is 0 Å². The summed E-state index contributed by atoms with van der Waals surface area (Å²) in [4.78, 5) is 22.7. The molecule has 0 aromatic carbocycles. The summed E-state index contributed by atoms with van der Waals surface area (Å²) >= 11 is 0. The van der Waals surface area contributed by atoms with Crippen LogP contribution < -0.4 is 10.2 Å². The molecule has 7 heteroatoms. The average molecular weight is 358 g/mol. The van der Waals surface area contributed by atoms with Crippen molar-refractivity contribution in [2.75, 3.05) is 18.5 Å². The second-order valence-corrected chi connectivity index (χ2v) is 7.70. The smallest absolute Gasteiger partial charge is 0.220 e. The predicted octanol–water partition coefficient (Wildman–Crippen LogP) is 2.54. The van der Waals surface area contributed by atoms with Crippen molar-refractivity contribution in [3.8, 4) is 0 Å². The van der Waals surface area contributed by atoms with Gasteiger partial charge in [-0.05, 0) is 25.2 Å². The van der Waals surface area contributed by atoms with Gasteiger partial charge in [0.2, 0.25) is 5.91 Å². The normalized spacial score (nSPS) is 17.3. The summed E-state index contributed by atoms with van der Waals surface area (Å²) in [6, 6.07) is 0.182. The van der Waals surface area contributed by atoms with E-state index in [1.54, 1.807) is 6.33 Å². The van der Waals surface area contributed by atoms with Crippen LogP contribution in [0.2, 0.25) is 0 Å². The minimum Gasteiger partial charge on any atom is -0.357 e. The number of nitrogens with one attached hydrogen (secondary N) is 1. The highest BCUT2D eigenvalue weighted by atomic mass is 16.1. The average Bonchev–Trinajstić information content (AvgIpc) is 3.16. The number of aromatic nitrogens is 4. The van der Waals surface area contributed by atoms with E-state index < -0.39 is 0 Å². The first-order chi connectivity index (χ1) is 12.5. The number of anilines is 1. The van der Waals surface area contributed by atoms with Crippen molar-refractivity contribution in [2.45, 2.75) is 65.5 Å². The van der Waals surface area contributed by atoms with E-state index in [4.69, 9.17) is 5.10 Å². The summed E-state index contributed by atoms with van der Waals surface area (Å²) in [7, 11) is 2.04. The predicted molar refractivity (Wildman–Crippen MR) is 103 cm³/mol. The maximum Gasteiger partial charge on any atom is 0.220 e. The standard InChI is InChI=1S/C19H30N6O/c1-5-6-9-25-19-17(15(23-25)10-13(2)3)18(20-12-21-19)24(4)11-14-7-8-16(26)22-14/h12-14H,5-11H2,1-4H3,(H,22,26). The van der Waals surface area contributed by atoms with E-state index >= 15 is 0 Å². The maximum atomic E-state index is 11.5. The van der Waals surface area contributed by atoms with Crippen LogP contribution in [0.1, 0.15) is 52.1 Å². The topological polar surface area (TPSA) is 75.9 Å². The molecular weight excluding hydrogens is 328 g/mol. The Morgan fingerprint density at radius 3 is 2.85 bits per heavy atom. The Bertz CT molecular complexity index is 769. The van der Waals surface area contributed by atoms with E-state index in [0.717, 1.165) is 61.3 Å². The second-order valence-electron chi connectivity index (χ2n) is 7.70. The van der Waals surface area contributed by atoms with Gasteiger partial charge in [-0.3, -0.25) is 4.79 Å². The van der Waals surface area contributed by atoms with Crippen molar-refractivity contribution >= 4 is 22.8 Å². The van der Waals surface area contributed by atoms with Gasteiger partial charge in [0.1, 0.15) is 12.1 Å². The molecular formula is C19H30N6O. The minimum atomic E-state index is 0.143. The number of unbranched alkanes of at least 4 members (excludes halogenated alkanes) is 1. The lowest BCUT2D eigenvalue weighted by molar-refractivity contribution is -0.119. The second kappa shape index (κ2) is 8.01. The van der Waals surface area contributed by atoms with Crippen molar-refractivity contribution in [1.29, 1.82) is 0 Å². The molecule has 0 saturated carbocycles.